The number of aryl methyl sites for hydroxylation is 1. The van der Waals surface area contributed by atoms with Crippen LogP contribution >= 0.6 is 22.7 Å². The van der Waals surface area contributed by atoms with Crippen LogP contribution in [0.3, 0.4) is 0 Å². The number of aliphatic hydroxyl groups is 1. The third-order valence-electron chi connectivity index (χ3n) is 9.94. The number of likely N-dealkylation sites (tertiary alicyclic amines) is 1. The Morgan fingerprint density at radius 1 is 0.948 bits per heavy atom. The van der Waals surface area contributed by atoms with Gasteiger partial charge in [-0.05, 0) is 72.9 Å². The summed E-state index contributed by atoms with van der Waals surface area (Å²) < 4.78 is 18.1. The average molecular weight is 829 g/mol. The van der Waals surface area contributed by atoms with E-state index in [4.69, 9.17) is 19.2 Å². The molecule has 2 aromatic heterocycles. The van der Waals surface area contributed by atoms with E-state index in [0.29, 0.717) is 13.2 Å². The Morgan fingerprint density at radius 3 is 2.34 bits per heavy atom. The van der Waals surface area contributed by atoms with Gasteiger partial charge < -0.3 is 40.2 Å². The van der Waals surface area contributed by atoms with Crippen LogP contribution < -0.4 is 20.7 Å². The number of benzene rings is 3. The molecular formula is C43H52N6O7S2. The maximum absolute atomic E-state index is 14.0. The van der Waals surface area contributed by atoms with Gasteiger partial charge in [-0.25, -0.2) is 9.97 Å². The number of fused-ring (bicyclic) bond motifs is 1. The summed E-state index contributed by atoms with van der Waals surface area (Å²) in [7, 11) is 1.89. The lowest BCUT2D eigenvalue weighted by Crippen LogP contribution is -2.58. The van der Waals surface area contributed by atoms with Crippen LogP contribution in [0.25, 0.3) is 31.2 Å². The van der Waals surface area contributed by atoms with Crippen molar-refractivity contribution in [1.82, 2.24) is 25.5 Å². The summed E-state index contributed by atoms with van der Waals surface area (Å²) >= 11 is 3.18. The first kappa shape index (κ1) is 42.7. The van der Waals surface area contributed by atoms with Gasteiger partial charge >= 0.3 is 0 Å². The highest BCUT2D eigenvalue weighted by atomic mass is 32.1. The van der Waals surface area contributed by atoms with Crippen LogP contribution in [0.2, 0.25) is 0 Å². The number of aliphatic hydroxyl groups excluding tert-OH is 1. The number of carbonyl (C=O) groups is 3. The normalized spacial score (nSPS) is 16.6. The van der Waals surface area contributed by atoms with Crippen molar-refractivity contribution in [2.45, 2.75) is 65.3 Å². The molecule has 4 atom stereocenters. The van der Waals surface area contributed by atoms with E-state index in [2.05, 4.69) is 20.9 Å². The van der Waals surface area contributed by atoms with Gasteiger partial charge in [0.05, 0.1) is 58.3 Å². The molecule has 0 unspecified atom stereocenters. The van der Waals surface area contributed by atoms with E-state index in [-0.39, 0.29) is 44.7 Å². The number of nitrogens with zero attached hydrogens (tertiary/aromatic N) is 3. The van der Waals surface area contributed by atoms with Crippen LogP contribution in [0.1, 0.15) is 51.4 Å². The number of thiazole rings is 2. The Hall–Kier alpha value is -4.93. The molecule has 0 aliphatic carbocycles. The smallest absolute Gasteiger partial charge is 0.246 e. The van der Waals surface area contributed by atoms with Crippen molar-refractivity contribution in [1.29, 1.82) is 0 Å². The number of ether oxygens (including phenoxy) is 3. The standard InChI is InChI=1S/C43H52N6O7S2/c1-26(28-7-9-29(10-8-28)38-27(2)45-25-57-38)46-40(52)35-21-32(50)23-49(35)42(53)39(43(3,4)5)48-37(51)24-55-18-17-54-19-20-56-33-15-16-34-36(22-33)58-41(47-34)30-11-13-31(44-6)14-12-30/h7-16,22,25-26,32,35,39,44,50H,17-21,23-24H2,1-6H3,(H,46,52)(H,48,51)/t26-,32+,35-,39+/m0/s1. The number of aromatic nitrogens is 2. The van der Waals surface area contributed by atoms with E-state index in [1.54, 1.807) is 22.7 Å². The zero-order valence-corrected chi connectivity index (χ0v) is 35.4. The SMILES string of the molecule is CNc1ccc(-c2nc3ccc(OCCOCCOCC(=O)N[C@H](C(=O)N4C[C@H](O)C[C@H]4C(=O)N[C@@H](C)c4ccc(-c5scnc5C)cc4)C(C)(C)C)cc3s2)cc1. The molecule has 6 rings (SSSR count). The van der Waals surface area contributed by atoms with Crippen molar-refractivity contribution >= 4 is 56.3 Å². The zero-order chi connectivity index (χ0) is 41.4. The van der Waals surface area contributed by atoms with Crippen LogP contribution in [-0.2, 0) is 23.9 Å². The minimum Gasteiger partial charge on any atom is -0.491 e. The maximum Gasteiger partial charge on any atom is 0.246 e. The van der Waals surface area contributed by atoms with Gasteiger partial charge in [0, 0.05) is 31.3 Å². The predicted octanol–water partition coefficient (Wildman–Crippen LogP) is 6.22. The summed E-state index contributed by atoms with van der Waals surface area (Å²) in [5, 5.41) is 20.5. The molecule has 1 fully saturated rings. The Kier molecular flexibility index (Phi) is 14.1. The molecule has 0 saturated carbocycles. The third-order valence-corrected chi connectivity index (χ3v) is 12.0. The number of anilines is 1. The van der Waals surface area contributed by atoms with E-state index in [1.165, 1.54) is 4.90 Å². The number of β-amino-alcohol motifs (C(OH)–C–C–N with tert-alkyl or cyclic N) is 1. The highest BCUT2D eigenvalue weighted by Crippen LogP contribution is 2.33. The second kappa shape index (κ2) is 19.2. The molecule has 0 bridgehead atoms. The second-order valence-electron chi connectivity index (χ2n) is 15.4. The van der Waals surface area contributed by atoms with Crippen molar-refractivity contribution in [3.63, 3.8) is 0 Å². The summed E-state index contributed by atoms with van der Waals surface area (Å²) in [6, 6.07) is 19.7. The minimum absolute atomic E-state index is 0.0126. The summed E-state index contributed by atoms with van der Waals surface area (Å²) in [6.45, 7) is 10.2. The first-order valence-electron chi connectivity index (χ1n) is 19.4. The monoisotopic (exact) mass is 828 g/mol. The van der Waals surface area contributed by atoms with Crippen molar-refractivity contribution < 1.29 is 33.7 Å². The van der Waals surface area contributed by atoms with Crippen LogP contribution in [-0.4, -0.2) is 103 Å². The lowest BCUT2D eigenvalue weighted by atomic mass is 9.85. The molecule has 3 amide bonds. The lowest BCUT2D eigenvalue weighted by Gasteiger charge is -2.35. The molecule has 3 aromatic carbocycles. The van der Waals surface area contributed by atoms with Gasteiger partial charge in [0.15, 0.2) is 0 Å². The van der Waals surface area contributed by atoms with Crippen molar-refractivity contribution in [2.24, 2.45) is 5.41 Å². The Bertz CT molecular complexity index is 2170. The third kappa shape index (κ3) is 10.8. The molecule has 1 aliphatic rings. The van der Waals surface area contributed by atoms with E-state index in [9.17, 15) is 19.5 Å². The molecule has 5 aromatic rings. The first-order valence-corrected chi connectivity index (χ1v) is 21.1. The topological polar surface area (TPSA) is 164 Å². The van der Waals surface area contributed by atoms with E-state index >= 15 is 0 Å². The molecule has 58 heavy (non-hydrogen) atoms. The Balaban J connectivity index is 0.922. The van der Waals surface area contributed by atoms with Gasteiger partial charge in [0.2, 0.25) is 17.7 Å². The van der Waals surface area contributed by atoms with Crippen LogP contribution in [0.15, 0.2) is 72.2 Å². The molecule has 15 heteroatoms. The molecular weight excluding hydrogens is 777 g/mol. The van der Waals surface area contributed by atoms with Crippen LogP contribution in [0, 0.1) is 12.3 Å². The summed E-state index contributed by atoms with van der Waals surface area (Å²) in [6.07, 6.45) is -0.771. The molecule has 3 heterocycles. The number of rotatable bonds is 17. The number of amides is 3. The van der Waals surface area contributed by atoms with E-state index in [0.717, 1.165) is 53.9 Å². The van der Waals surface area contributed by atoms with Gasteiger partial charge in [-0.15, -0.1) is 22.7 Å². The fourth-order valence-electron chi connectivity index (χ4n) is 6.72. The lowest BCUT2D eigenvalue weighted by molar-refractivity contribution is -0.144. The largest absolute Gasteiger partial charge is 0.491 e. The van der Waals surface area contributed by atoms with E-state index in [1.807, 2.05) is 114 Å². The molecule has 4 N–H and O–H groups in total. The molecule has 0 spiro atoms. The second-order valence-corrected chi connectivity index (χ2v) is 17.3. The quantitative estimate of drug-likeness (QED) is 0.0792. The number of carbonyl (C=O) groups excluding carboxylic acids is 3. The number of nitrogens with one attached hydrogen (secondary N) is 3. The predicted molar refractivity (Wildman–Crippen MR) is 228 cm³/mol. The Morgan fingerprint density at radius 2 is 1.66 bits per heavy atom. The summed E-state index contributed by atoms with van der Waals surface area (Å²) in [5.41, 5.74) is 7.06. The van der Waals surface area contributed by atoms with Crippen LogP contribution in [0.4, 0.5) is 5.69 Å². The number of hydrogen-bond acceptors (Lipinski definition) is 12. The fraction of sp³-hybridized carbons (Fsp3) is 0.419. The first-order chi connectivity index (χ1) is 27.8. The zero-order valence-electron chi connectivity index (χ0n) is 33.7. The average Bonchev–Trinajstić information content (AvgIpc) is 3.95. The van der Waals surface area contributed by atoms with Crippen LogP contribution in [0.5, 0.6) is 5.75 Å². The van der Waals surface area contributed by atoms with Gasteiger partial charge in [-0.1, -0.05) is 45.0 Å². The highest BCUT2D eigenvalue weighted by molar-refractivity contribution is 7.21. The van der Waals surface area contributed by atoms with Gasteiger partial charge in [0.25, 0.3) is 0 Å². The van der Waals surface area contributed by atoms with Gasteiger partial charge in [0.1, 0.15) is 36.1 Å². The van der Waals surface area contributed by atoms with Crippen molar-refractivity contribution in [3.05, 3.63) is 83.5 Å². The van der Waals surface area contributed by atoms with Gasteiger partial charge in [-0.2, -0.15) is 0 Å². The number of hydrogen-bond donors (Lipinski definition) is 4. The molecule has 308 valence electrons. The van der Waals surface area contributed by atoms with Crippen molar-refractivity contribution in [2.75, 3.05) is 51.9 Å². The molecule has 1 aliphatic heterocycles. The summed E-state index contributed by atoms with van der Waals surface area (Å²) in [4.78, 5) is 52.1. The minimum atomic E-state index is -0.960. The highest BCUT2D eigenvalue weighted by Gasteiger charge is 2.44. The van der Waals surface area contributed by atoms with Crippen molar-refractivity contribution in [3.8, 4) is 26.8 Å². The molecule has 0 radical (unpaired) electrons. The summed E-state index contributed by atoms with van der Waals surface area (Å²) in [5.74, 6) is -0.553. The van der Waals surface area contributed by atoms with Gasteiger partial charge in [-0.3, -0.25) is 14.4 Å². The van der Waals surface area contributed by atoms with E-state index < -0.39 is 35.4 Å². The molecule has 1 saturated heterocycles. The maximum atomic E-state index is 14.0. The fourth-order valence-corrected chi connectivity index (χ4v) is 8.53. The Labute approximate surface area is 347 Å². The molecule has 13 nitrogen and oxygen atoms in total.